The second kappa shape index (κ2) is 6.46. The highest BCUT2D eigenvalue weighted by atomic mass is 35.5. The number of benzene rings is 1. The summed E-state index contributed by atoms with van der Waals surface area (Å²) in [7, 11) is 0. The van der Waals surface area contributed by atoms with Crippen molar-refractivity contribution in [3.8, 4) is 0 Å². The van der Waals surface area contributed by atoms with E-state index in [1.807, 2.05) is 36.5 Å². The molecule has 1 aromatic heterocycles. The highest BCUT2D eigenvalue weighted by molar-refractivity contribution is 6.31. The fourth-order valence-electron chi connectivity index (χ4n) is 2.91. The zero-order valence-corrected chi connectivity index (χ0v) is 12.8. The summed E-state index contributed by atoms with van der Waals surface area (Å²) in [5.41, 5.74) is 2.11. The summed E-state index contributed by atoms with van der Waals surface area (Å²) >= 11 is 6.12. The Bertz CT molecular complexity index is 633. The Labute approximate surface area is 130 Å². The molecule has 0 saturated carbocycles. The van der Waals surface area contributed by atoms with Crippen molar-refractivity contribution in [3.05, 3.63) is 48.1 Å². The topological polar surface area (TPSA) is 28.2 Å². The zero-order chi connectivity index (χ0) is 14.7. The molecule has 1 N–H and O–H groups in total. The first-order chi connectivity index (χ1) is 10.3. The van der Waals surface area contributed by atoms with Crippen LogP contribution in [0, 0.1) is 0 Å². The lowest BCUT2D eigenvalue weighted by atomic mass is 10.0. The standard InChI is InChI=1S/C17H20ClN3/c1-2-9-21-10-6-14(7-11-21)20-17-5-8-19-16-4-3-13(18)12-15(16)17/h2-5,8,12,14H,1,6-7,9-11H2,(H,19,20). The molecule has 1 aliphatic rings. The summed E-state index contributed by atoms with van der Waals surface area (Å²) in [6.45, 7) is 7.03. The molecule has 0 bridgehead atoms. The first-order valence-electron chi connectivity index (χ1n) is 7.40. The maximum absolute atomic E-state index is 6.12. The molecule has 110 valence electrons. The number of hydrogen-bond acceptors (Lipinski definition) is 3. The smallest absolute Gasteiger partial charge is 0.0723 e. The number of likely N-dealkylation sites (tertiary alicyclic amines) is 1. The van der Waals surface area contributed by atoms with Gasteiger partial charge in [-0.2, -0.15) is 0 Å². The molecule has 4 heteroatoms. The second-order valence-electron chi connectivity index (χ2n) is 5.53. The Morgan fingerprint density at radius 3 is 2.90 bits per heavy atom. The van der Waals surface area contributed by atoms with Gasteiger partial charge in [-0.15, -0.1) is 6.58 Å². The van der Waals surface area contributed by atoms with Gasteiger partial charge in [-0.25, -0.2) is 0 Å². The van der Waals surface area contributed by atoms with E-state index < -0.39 is 0 Å². The van der Waals surface area contributed by atoms with Crippen molar-refractivity contribution < 1.29 is 0 Å². The molecule has 3 nitrogen and oxygen atoms in total. The number of anilines is 1. The third kappa shape index (κ3) is 3.36. The molecule has 1 fully saturated rings. The lowest BCUT2D eigenvalue weighted by molar-refractivity contribution is 0.240. The molecule has 0 radical (unpaired) electrons. The Morgan fingerprint density at radius 2 is 2.14 bits per heavy atom. The number of hydrogen-bond donors (Lipinski definition) is 1. The van der Waals surface area contributed by atoms with Crippen LogP contribution in [0.15, 0.2) is 43.1 Å². The van der Waals surface area contributed by atoms with Crippen molar-refractivity contribution in [3.63, 3.8) is 0 Å². The van der Waals surface area contributed by atoms with Gasteiger partial charge in [0.1, 0.15) is 0 Å². The normalized spacial score (nSPS) is 17.0. The molecule has 2 aromatic rings. The van der Waals surface area contributed by atoms with Gasteiger partial charge < -0.3 is 5.32 Å². The van der Waals surface area contributed by atoms with E-state index in [0.717, 1.165) is 54.1 Å². The van der Waals surface area contributed by atoms with Crippen molar-refractivity contribution in [2.45, 2.75) is 18.9 Å². The van der Waals surface area contributed by atoms with E-state index in [9.17, 15) is 0 Å². The third-order valence-electron chi connectivity index (χ3n) is 4.04. The van der Waals surface area contributed by atoms with Crippen LogP contribution in [-0.4, -0.2) is 35.6 Å². The fourth-order valence-corrected chi connectivity index (χ4v) is 3.08. The third-order valence-corrected chi connectivity index (χ3v) is 4.27. The van der Waals surface area contributed by atoms with Crippen LogP contribution in [-0.2, 0) is 0 Å². The van der Waals surface area contributed by atoms with Gasteiger partial charge >= 0.3 is 0 Å². The lowest BCUT2D eigenvalue weighted by Crippen LogP contribution is -2.39. The van der Waals surface area contributed by atoms with Crippen LogP contribution in [0.3, 0.4) is 0 Å². The molecule has 1 aromatic carbocycles. The minimum atomic E-state index is 0.510. The van der Waals surface area contributed by atoms with Crippen molar-refractivity contribution in [1.29, 1.82) is 0 Å². The van der Waals surface area contributed by atoms with E-state index in [1.54, 1.807) is 0 Å². The van der Waals surface area contributed by atoms with Gasteiger partial charge in [-0.05, 0) is 37.1 Å². The van der Waals surface area contributed by atoms with Gasteiger partial charge in [-0.3, -0.25) is 9.88 Å². The maximum atomic E-state index is 6.12. The quantitative estimate of drug-likeness (QED) is 0.867. The minimum Gasteiger partial charge on any atom is -0.382 e. The van der Waals surface area contributed by atoms with E-state index in [-0.39, 0.29) is 0 Å². The molecule has 3 rings (SSSR count). The van der Waals surface area contributed by atoms with Crippen molar-refractivity contribution in [2.24, 2.45) is 0 Å². The van der Waals surface area contributed by atoms with E-state index >= 15 is 0 Å². The number of nitrogens with one attached hydrogen (secondary N) is 1. The molecule has 2 heterocycles. The van der Waals surface area contributed by atoms with Gasteiger partial charge in [0.25, 0.3) is 0 Å². The maximum Gasteiger partial charge on any atom is 0.0723 e. The number of aromatic nitrogens is 1. The number of rotatable bonds is 4. The first kappa shape index (κ1) is 14.4. The Kier molecular flexibility index (Phi) is 4.42. The van der Waals surface area contributed by atoms with Gasteiger partial charge in [0, 0.05) is 48.0 Å². The average Bonchev–Trinajstić information content (AvgIpc) is 2.50. The summed E-state index contributed by atoms with van der Waals surface area (Å²) in [6, 6.07) is 8.38. The van der Waals surface area contributed by atoms with Crippen molar-refractivity contribution in [2.75, 3.05) is 25.0 Å². The molecule has 0 unspecified atom stereocenters. The van der Waals surface area contributed by atoms with Gasteiger partial charge in [-0.1, -0.05) is 17.7 Å². The fraction of sp³-hybridized carbons (Fsp3) is 0.353. The highest BCUT2D eigenvalue weighted by Crippen LogP contribution is 2.26. The van der Waals surface area contributed by atoms with Gasteiger partial charge in [0.15, 0.2) is 0 Å². The van der Waals surface area contributed by atoms with Gasteiger partial charge in [0.2, 0.25) is 0 Å². The van der Waals surface area contributed by atoms with Gasteiger partial charge in [0.05, 0.1) is 5.52 Å². The van der Waals surface area contributed by atoms with E-state index in [2.05, 4.69) is 21.8 Å². The van der Waals surface area contributed by atoms with E-state index in [0.29, 0.717) is 6.04 Å². The van der Waals surface area contributed by atoms with Crippen molar-refractivity contribution >= 4 is 28.2 Å². The predicted molar refractivity (Wildman–Crippen MR) is 90.0 cm³/mol. The minimum absolute atomic E-state index is 0.510. The molecule has 0 amide bonds. The molecule has 1 saturated heterocycles. The van der Waals surface area contributed by atoms with E-state index in [1.165, 1.54) is 0 Å². The number of piperidine rings is 1. The summed E-state index contributed by atoms with van der Waals surface area (Å²) in [6.07, 6.45) is 6.13. The van der Waals surface area contributed by atoms with Crippen LogP contribution in [0.5, 0.6) is 0 Å². The Balaban J connectivity index is 1.74. The molecular weight excluding hydrogens is 282 g/mol. The Hall–Kier alpha value is -1.58. The Morgan fingerprint density at radius 1 is 1.33 bits per heavy atom. The molecular formula is C17H20ClN3. The molecule has 21 heavy (non-hydrogen) atoms. The van der Waals surface area contributed by atoms with Crippen LogP contribution >= 0.6 is 11.6 Å². The SMILES string of the molecule is C=CCN1CCC(Nc2ccnc3ccc(Cl)cc23)CC1. The largest absolute Gasteiger partial charge is 0.382 e. The molecule has 0 spiro atoms. The second-order valence-corrected chi connectivity index (χ2v) is 5.96. The first-order valence-corrected chi connectivity index (χ1v) is 7.78. The average molecular weight is 302 g/mol. The molecule has 0 aliphatic carbocycles. The molecule has 0 atom stereocenters. The number of halogens is 1. The van der Waals surface area contributed by atoms with Crippen molar-refractivity contribution in [1.82, 2.24) is 9.88 Å². The summed E-state index contributed by atoms with van der Waals surface area (Å²) < 4.78 is 0. The molecule has 1 aliphatic heterocycles. The summed E-state index contributed by atoms with van der Waals surface area (Å²) in [5.74, 6) is 0. The van der Waals surface area contributed by atoms with Crippen LogP contribution in [0.1, 0.15) is 12.8 Å². The predicted octanol–water partition coefficient (Wildman–Crippen LogP) is 3.95. The summed E-state index contributed by atoms with van der Waals surface area (Å²) in [5, 5.41) is 5.51. The van der Waals surface area contributed by atoms with Crippen LogP contribution in [0.4, 0.5) is 5.69 Å². The number of pyridine rings is 1. The monoisotopic (exact) mass is 301 g/mol. The number of fused-ring (bicyclic) bond motifs is 1. The lowest BCUT2D eigenvalue weighted by Gasteiger charge is -2.32. The van der Waals surface area contributed by atoms with E-state index in [4.69, 9.17) is 11.6 Å². The van der Waals surface area contributed by atoms with Crippen LogP contribution < -0.4 is 5.32 Å². The van der Waals surface area contributed by atoms with Crippen LogP contribution in [0.25, 0.3) is 10.9 Å². The summed E-state index contributed by atoms with van der Waals surface area (Å²) in [4.78, 5) is 6.83. The van der Waals surface area contributed by atoms with Crippen LogP contribution in [0.2, 0.25) is 5.02 Å². The highest BCUT2D eigenvalue weighted by Gasteiger charge is 2.18. The zero-order valence-electron chi connectivity index (χ0n) is 12.1. The number of nitrogens with zero attached hydrogens (tertiary/aromatic N) is 2.